The summed E-state index contributed by atoms with van der Waals surface area (Å²) in [6.07, 6.45) is 1.55. The van der Waals surface area contributed by atoms with Crippen LogP contribution in [0.1, 0.15) is 16.1 Å². The van der Waals surface area contributed by atoms with Crippen LogP contribution < -0.4 is 0 Å². The molecule has 2 N–H and O–H groups in total. The molecule has 5 nitrogen and oxygen atoms in total. The van der Waals surface area contributed by atoms with E-state index < -0.39 is 0 Å². The van der Waals surface area contributed by atoms with Crippen molar-refractivity contribution in [2.75, 3.05) is 13.8 Å². The van der Waals surface area contributed by atoms with Crippen LogP contribution in [0, 0.1) is 11.7 Å². The average Bonchev–Trinajstić information content (AvgIpc) is 2.80. The first-order valence-corrected chi connectivity index (χ1v) is 6.19. The summed E-state index contributed by atoms with van der Waals surface area (Å²) in [5.41, 5.74) is 2.34. The summed E-state index contributed by atoms with van der Waals surface area (Å²) < 4.78 is 2.10. The lowest BCUT2D eigenvalue weighted by Gasteiger charge is -2.15. The van der Waals surface area contributed by atoms with Gasteiger partial charge in [0, 0.05) is 18.9 Å². The van der Waals surface area contributed by atoms with Crippen molar-refractivity contribution < 1.29 is 9.90 Å². The van der Waals surface area contributed by atoms with E-state index in [0.29, 0.717) is 10.5 Å². The summed E-state index contributed by atoms with van der Waals surface area (Å²) in [4.78, 5) is 16.2. The SMILES string of the molecule is Cc1ccc(-n2c(C(=O)N(C)CO)c[nH]c2=S)cc1. The number of aromatic amines is 1. The minimum atomic E-state index is -0.343. The number of hydrogen-bond donors (Lipinski definition) is 2. The number of H-pyrrole nitrogens is 1. The second-order valence-electron chi connectivity index (χ2n) is 4.29. The van der Waals surface area contributed by atoms with Crippen LogP contribution in [0.5, 0.6) is 0 Å². The van der Waals surface area contributed by atoms with E-state index in [1.807, 2.05) is 31.2 Å². The topological polar surface area (TPSA) is 61.3 Å². The van der Waals surface area contributed by atoms with E-state index in [1.54, 1.807) is 10.8 Å². The normalized spacial score (nSPS) is 10.5. The number of nitrogens with zero attached hydrogens (tertiary/aromatic N) is 2. The van der Waals surface area contributed by atoms with Crippen molar-refractivity contribution in [3.8, 4) is 5.69 Å². The molecule has 2 rings (SSSR count). The number of aliphatic hydroxyl groups excluding tert-OH is 1. The first-order valence-electron chi connectivity index (χ1n) is 5.78. The predicted octanol–water partition coefficient (Wildman–Crippen LogP) is 1.87. The van der Waals surface area contributed by atoms with Gasteiger partial charge in [0.15, 0.2) is 4.77 Å². The Balaban J connectivity index is 2.52. The summed E-state index contributed by atoms with van der Waals surface area (Å²) in [5.74, 6) is -0.296. The maximum absolute atomic E-state index is 12.1. The van der Waals surface area contributed by atoms with Crippen molar-refractivity contribution in [1.82, 2.24) is 14.5 Å². The summed E-state index contributed by atoms with van der Waals surface area (Å²) in [6.45, 7) is 1.65. The van der Waals surface area contributed by atoms with E-state index in [9.17, 15) is 4.79 Å². The first kappa shape index (κ1) is 13.5. The molecule has 0 saturated carbocycles. The molecule has 0 aliphatic rings. The van der Waals surface area contributed by atoms with Crippen LogP contribution in [0.25, 0.3) is 5.69 Å². The largest absolute Gasteiger partial charge is 0.376 e. The number of aryl methyl sites for hydroxylation is 1. The number of imidazole rings is 1. The first-order chi connectivity index (χ1) is 9.04. The van der Waals surface area contributed by atoms with Gasteiger partial charge in [0.25, 0.3) is 5.91 Å². The third-order valence-electron chi connectivity index (χ3n) is 2.85. The fourth-order valence-electron chi connectivity index (χ4n) is 1.74. The number of rotatable bonds is 3. The number of hydrogen-bond acceptors (Lipinski definition) is 3. The lowest BCUT2D eigenvalue weighted by Crippen LogP contribution is -2.29. The zero-order chi connectivity index (χ0) is 14.0. The molecule has 0 radical (unpaired) electrons. The van der Waals surface area contributed by atoms with Gasteiger partial charge in [-0.05, 0) is 31.3 Å². The molecule has 0 spiro atoms. The molecule has 19 heavy (non-hydrogen) atoms. The second kappa shape index (κ2) is 5.38. The van der Waals surface area contributed by atoms with Crippen molar-refractivity contribution in [1.29, 1.82) is 0 Å². The predicted molar refractivity (Wildman–Crippen MR) is 74.9 cm³/mol. The van der Waals surface area contributed by atoms with Gasteiger partial charge in [-0.25, -0.2) is 0 Å². The van der Waals surface area contributed by atoms with E-state index >= 15 is 0 Å². The zero-order valence-corrected chi connectivity index (χ0v) is 11.6. The molecule has 0 bridgehead atoms. The van der Waals surface area contributed by atoms with Gasteiger partial charge >= 0.3 is 0 Å². The van der Waals surface area contributed by atoms with Crippen LogP contribution >= 0.6 is 12.2 Å². The van der Waals surface area contributed by atoms with Crippen molar-refractivity contribution in [2.45, 2.75) is 6.92 Å². The minimum Gasteiger partial charge on any atom is -0.376 e. The number of carbonyl (C=O) groups is 1. The van der Waals surface area contributed by atoms with Crippen molar-refractivity contribution >= 4 is 18.1 Å². The van der Waals surface area contributed by atoms with Crippen LogP contribution in [0.2, 0.25) is 0 Å². The quantitative estimate of drug-likeness (QED) is 0.665. The Kier molecular flexibility index (Phi) is 3.82. The van der Waals surface area contributed by atoms with Gasteiger partial charge in [-0.15, -0.1) is 0 Å². The molecule has 0 atom stereocenters. The van der Waals surface area contributed by atoms with E-state index in [2.05, 4.69) is 4.98 Å². The van der Waals surface area contributed by atoms with Crippen LogP contribution in [0.15, 0.2) is 30.5 Å². The van der Waals surface area contributed by atoms with E-state index in [0.717, 1.165) is 11.3 Å². The van der Waals surface area contributed by atoms with Crippen LogP contribution in [0.3, 0.4) is 0 Å². The van der Waals surface area contributed by atoms with Crippen molar-refractivity contribution in [2.24, 2.45) is 0 Å². The molecule has 0 aliphatic carbocycles. The Morgan fingerprint density at radius 3 is 2.63 bits per heavy atom. The molecule has 0 aliphatic heterocycles. The molecular formula is C13H15N3O2S. The molecular weight excluding hydrogens is 262 g/mol. The Labute approximate surface area is 116 Å². The second-order valence-corrected chi connectivity index (χ2v) is 4.68. The lowest BCUT2D eigenvalue weighted by molar-refractivity contribution is 0.0621. The Bertz CT molecular complexity index is 643. The fourth-order valence-corrected chi connectivity index (χ4v) is 2.00. The lowest BCUT2D eigenvalue weighted by atomic mass is 10.2. The third-order valence-corrected chi connectivity index (χ3v) is 3.15. The molecule has 2 aromatic rings. The summed E-state index contributed by atoms with van der Waals surface area (Å²) in [5, 5.41) is 9.03. The highest BCUT2D eigenvalue weighted by molar-refractivity contribution is 7.71. The average molecular weight is 277 g/mol. The Morgan fingerprint density at radius 2 is 2.05 bits per heavy atom. The highest BCUT2D eigenvalue weighted by atomic mass is 32.1. The third kappa shape index (κ3) is 2.59. The number of aromatic nitrogens is 2. The van der Waals surface area contributed by atoms with Gasteiger partial charge in [0.05, 0.1) is 0 Å². The number of nitrogens with one attached hydrogen (secondary N) is 1. The summed E-state index contributed by atoms with van der Waals surface area (Å²) in [7, 11) is 1.53. The van der Waals surface area contributed by atoms with Crippen LogP contribution in [-0.4, -0.2) is 39.2 Å². The molecule has 1 aromatic carbocycles. The van der Waals surface area contributed by atoms with E-state index in [4.69, 9.17) is 17.3 Å². The van der Waals surface area contributed by atoms with Gasteiger partial charge in [-0.3, -0.25) is 9.36 Å². The molecule has 0 unspecified atom stereocenters. The number of carbonyl (C=O) groups excluding carboxylic acids is 1. The van der Waals surface area contributed by atoms with Crippen LogP contribution in [0.4, 0.5) is 0 Å². The molecule has 1 heterocycles. The number of benzene rings is 1. The van der Waals surface area contributed by atoms with Crippen molar-refractivity contribution in [3.63, 3.8) is 0 Å². The summed E-state index contributed by atoms with van der Waals surface area (Å²) >= 11 is 5.20. The van der Waals surface area contributed by atoms with E-state index in [-0.39, 0.29) is 12.6 Å². The highest BCUT2D eigenvalue weighted by Gasteiger charge is 2.17. The Morgan fingerprint density at radius 1 is 1.42 bits per heavy atom. The monoisotopic (exact) mass is 277 g/mol. The highest BCUT2D eigenvalue weighted by Crippen LogP contribution is 2.15. The van der Waals surface area contributed by atoms with Gasteiger partial charge in [0.2, 0.25) is 0 Å². The molecule has 1 amide bonds. The maximum atomic E-state index is 12.1. The number of amides is 1. The van der Waals surface area contributed by atoms with E-state index in [1.165, 1.54) is 11.9 Å². The number of aliphatic hydroxyl groups is 1. The maximum Gasteiger partial charge on any atom is 0.273 e. The van der Waals surface area contributed by atoms with Crippen LogP contribution in [-0.2, 0) is 0 Å². The fraction of sp³-hybridized carbons (Fsp3) is 0.231. The molecule has 0 fully saturated rings. The van der Waals surface area contributed by atoms with Crippen molar-refractivity contribution in [3.05, 3.63) is 46.5 Å². The summed E-state index contributed by atoms with van der Waals surface area (Å²) in [6, 6.07) is 7.70. The molecule has 1 aromatic heterocycles. The van der Waals surface area contributed by atoms with Gasteiger partial charge in [-0.2, -0.15) is 0 Å². The van der Waals surface area contributed by atoms with Gasteiger partial charge < -0.3 is 15.0 Å². The minimum absolute atomic E-state index is 0.296. The zero-order valence-electron chi connectivity index (χ0n) is 10.8. The molecule has 0 saturated heterocycles. The molecule has 100 valence electrons. The standard InChI is InChI=1S/C13H15N3O2S/c1-9-3-5-10(6-4-9)16-11(7-14-13(16)19)12(18)15(2)8-17/h3-7,17H,8H2,1-2H3,(H,14,19). The molecule has 6 heteroatoms. The van der Waals surface area contributed by atoms with Gasteiger partial charge in [0.1, 0.15) is 12.4 Å². The smallest absolute Gasteiger partial charge is 0.273 e. The van der Waals surface area contributed by atoms with Gasteiger partial charge in [-0.1, -0.05) is 17.7 Å². The Hall–Kier alpha value is -1.92.